The SMILES string of the molecule is CCc1cnc(CNC(=O)N(C)C(C)(C)C(=O)O)o1. The van der Waals surface area contributed by atoms with Crippen molar-refractivity contribution >= 4 is 12.0 Å². The van der Waals surface area contributed by atoms with Crippen molar-refractivity contribution in [3.8, 4) is 0 Å². The van der Waals surface area contributed by atoms with E-state index >= 15 is 0 Å². The number of hydrogen-bond acceptors (Lipinski definition) is 4. The molecule has 0 saturated carbocycles. The van der Waals surface area contributed by atoms with Crippen molar-refractivity contribution in [2.24, 2.45) is 0 Å². The van der Waals surface area contributed by atoms with E-state index in [2.05, 4.69) is 10.3 Å². The highest BCUT2D eigenvalue weighted by atomic mass is 16.4. The Morgan fingerprint density at radius 2 is 2.16 bits per heavy atom. The van der Waals surface area contributed by atoms with Gasteiger partial charge in [-0.05, 0) is 13.8 Å². The van der Waals surface area contributed by atoms with Crippen LogP contribution in [-0.4, -0.2) is 39.6 Å². The molecular formula is C12H19N3O4. The fraction of sp³-hybridized carbons (Fsp3) is 0.583. The minimum Gasteiger partial charge on any atom is -0.480 e. The molecule has 7 heteroatoms. The number of aliphatic carboxylic acids is 1. The van der Waals surface area contributed by atoms with Crippen molar-refractivity contribution in [3.63, 3.8) is 0 Å². The summed E-state index contributed by atoms with van der Waals surface area (Å²) in [6.07, 6.45) is 2.33. The van der Waals surface area contributed by atoms with Gasteiger partial charge in [0.1, 0.15) is 11.3 Å². The van der Waals surface area contributed by atoms with Gasteiger partial charge >= 0.3 is 12.0 Å². The number of amides is 2. The summed E-state index contributed by atoms with van der Waals surface area (Å²) in [5.41, 5.74) is -1.28. The molecule has 2 amide bonds. The predicted octanol–water partition coefficient (Wildman–Crippen LogP) is 1.24. The van der Waals surface area contributed by atoms with E-state index in [1.807, 2.05) is 6.92 Å². The molecule has 0 spiro atoms. The maximum absolute atomic E-state index is 11.8. The van der Waals surface area contributed by atoms with Crippen LogP contribution in [0, 0.1) is 0 Å². The van der Waals surface area contributed by atoms with E-state index in [1.54, 1.807) is 6.20 Å². The van der Waals surface area contributed by atoms with E-state index in [0.717, 1.165) is 17.1 Å². The average Bonchev–Trinajstić information content (AvgIpc) is 2.82. The molecule has 0 atom stereocenters. The van der Waals surface area contributed by atoms with Crippen molar-refractivity contribution in [1.29, 1.82) is 0 Å². The van der Waals surface area contributed by atoms with Crippen LogP contribution < -0.4 is 5.32 Å². The van der Waals surface area contributed by atoms with Gasteiger partial charge in [0.05, 0.1) is 12.7 Å². The quantitative estimate of drug-likeness (QED) is 0.838. The van der Waals surface area contributed by atoms with Crippen LogP contribution in [0.5, 0.6) is 0 Å². The van der Waals surface area contributed by atoms with Gasteiger partial charge in [-0.15, -0.1) is 0 Å². The minimum atomic E-state index is -1.28. The fourth-order valence-electron chi connectivity index (χ4n) is 1.26. The first kappa shape index (κ1) is 15.0. The zero-order valence-electron chi connectivity index (χ0n) is 11.6. The van der Waals surface area contributed by atoms with Crippen LogP contribution in [0.4, 0.5) is 4.79 Å². The molecule has 1 heterocycles. The molecule has 0 aliphatic carbocycles. The highest BCUT2D eigenvalue weighted by molar-refractivity contribution is 5.85. The maximum atomic E-state index is 11.8. The van der Waals surface area contributed by atoms with E-state index in [-0.39, 0.29) is 6.54 Å². The summed E-state index contributed by atoms with van der Waals surface area (Å²) < 4.78 is 5.34. The number of aryl methyl sites for hydroxylation is 1. The number of urea groups is 1. The van der Waals surface area contributed by atoms with Crippen molar-refractivity contribution in [1.82, 2.24) is 15.2 Å². The monoisotopic (exact) mass is 269 g/mol. The number of rotatable bonds is 5. The highest BCUT2D eigenvalue weighted by Gasteiger charge is 2.35. The van der Waals surface area contributed by atoms with Gasteiger partial charge in [-0.1, -0.05) is 6.92 Å². The van der Waals surface area contributed by atoms with Gasteiger partial charge in [0, 0.05) is 13.5 Å². The van der Waals surface area contributed by atoms with E-state index in [4.69, 9.17) is 9.52 Å². The number of oxazole rings is 1. The second-order valence-corrected chi connectivity index (χ2v) is 4.66. The third kappa shape index (κ3) is 3.46. The summed E-state index contributed by atoms with van der Waals surface area (Å²) in [6.45, 7) is 4.97. The molecule has 1 aromatic rings. The molecule has 0 bridgehead atoms. The van der Waals surface area contributed by atoms with E-state index < -0.39 is 17.5 Å². The molecule has 1 rings (SSSR count). The smallest absolute Gasteiger partial charge is 0.329 e. The van der Waals surface area contributed by atoms with Gasteiger partial charge in [0.2, 0.25) is 5.89 Å². The van der Waals surface area contributed by atoms with E-state index in [1.165, 1.54) is 20.9 Å². The van der Waals surface area contributed by atoms with Gasteiger partial charge in [0.15, 0.2) is 0 Å². The van der Waals surface area contributed by atoms with Crippen LogP contribution >= 0.6 is 0 Å². The van der Waals surface area contributed by atoms with Crippen LogP contribution in [0.2, 0.25) is 0 Å². The van der Waals surface area contributed by atoms with Gasteiger partial charge < -0.3 is 19.7 Å². The largest absolute Gasteiger partial charge is 0.480 e. The Labute approximate surface area is 111 Å². The molecule has 106 valence electrons. The summed E-state index contributed by atoms with van der Waals surface area (Å²) in [5.74, 6) is 0.0599. The first-order valence-corrected chi connectivity index (χ1v) is 5.97. The molecule has 0 saturated heterocycles. The van der Waals surface area contributed by atoms with Crippen LogP contribution in [0.15, 0.2) is 10.6 Å². The van der Waals surface area contributed by atoms with Gasteiger partial charge in [-0.2, -0.15) is 0 Å². The lowest BCUT2D eigenvalue weighted by Gasteiger charge is -2.31. The number of carboxylic acid groups (broad SMARTS) is 1. The van der Waals surface area contributed by atoms with Gasteiger partial charge in [-0.3, -0.25) is 0 Å². The lowest BCUT2D eigenvalue weighted by Crippen LogP contribution is -2.53. The van der Waals surface area contributed by atoms with E-state index in [0.29, 0.717) is 5.89 Å². The number of nitrogens with one attached hydrogen (secondary N) is 1. The Balaban J connectivity index is 2.58. The molecule has 0 aliphatic heterocycles. The van der Waals surface area contributed by atoms with Crippen LogP contribution in [0.3, 0.4) is 0 Å². The normalized spacial score (nSPS) is 11.2. The fourth-order valence-corrected chi connectivity index (χ4v) is 1.26. The van der Waals surface area contributed by atoms with Crippen molar-refractivity contribution in [3.05, 3.63) is 17.8 Å². The van der Waals surface area contributed by atoms with Gasteiger partial charge in [-0.25, -0.2) is 14.6 Å². The molecule has 19 heavy (non-hydrogen) atoms. The number of carbonyl (C=O) groups excluding carboxylic acids is 1. The summed E-state index contributed by atoms with van der Waals surface area (Å²) in [4.78, 5) is 28.0. The molecule has 0 radical (unpaired) electrons. The molecular weight excluding hydrogens is 250 g/mol. The number of carboxylic acids is 1. The number of hydrogen-bond donors (Lipinski definition) is 2. The molecule has 0 aromatic carbocycles. The third-order valence-corrected chi connectivity index (χ3v) is 3.01. The van der Waals surface area contributed by atoms with Crippen LogP contribution in [-0.2, 0) is 17.8 Å². The first-order valence-electron chi connectivity index (χ1n) is 5.97. The van der Waals surface area contributed by atoms with Crippen molar-refractivity contribution < 1.29 is 19.1 Å². The number of aromatic nitrogens is 1. The number of likely N-dealkylation sites (N-methyl/N-ethyl adjacent to an activating group) is 1. The molecule has 0 unspecified atom stereocenters. The second-order valence-electron chi connectivity index (χ2n) is 4.66. The second kappa shape index (κ2) is 5.73. The summed E-state index contributed by atoms with van der Waals surface area (Å²) in [7, 11) is 1.43. The Kier molecular flexibility index (Phi) is 4.52. The molecule has 2 N–H and O–H groups in total. The van der Waals surface area contributed by atoms with E-state index in [9.17, 15) is 9.59 Å². The molecule has 0 fully saturated rings. The summed E-state index contributed by atoms with van der Waals surface area (Å²) in [5, 5.41) is 11.6. The summed E-state index contributed by atoms with van der Waals surface area (Å²) in [6, 6.07) is -0.497. The Morgan fingerprint density at radius 3 is 2.63 bits per heavy atom. The number of nitrogens with zero attached hydrogens (tertiary/aromatic N) is 2. The summed E-state index contributed by atoms with van der Waals surface area (Å²) >= 11 is 0. The van der Waals surface area contributed by atoms with Gasteiger partial charge in [0.25, 0.3) is 0 Å². The lowest BCUT2D eigenvalue weighted by atomic mass is 10.1. The van der Waals surface area contributed by atoms with Crippen molar-refractivity contribution in [2.75, 3.05) is 7.05 Å². The van der Waals surface area contributed by atoms with Crippen molar-refractivity contribution in [2.45, 2.75) is 39.3 Å². The topological polar surface area (TPSA) is 95.7 Å². The standard InChI is InChI=1S/C12H19N3O4/c1-5-8-6-13-9(19-8)7-14-11(18)15(4)12(2,3)10(16)17/h6H,5,7H2,1-4H3,(H,14,18)(H,16,17). The molecule has 7 nitrogen and oxygen atoms in total. The minimum absolute atomic E-state index is 0.124. The predicted molar refractivity (Wildman–Crippen MR) is 67.6 cm³/mol. The third-order valence-electron chi connectivity index (χ3n) is 3.01. The first-order chi connectivity index (χ1) is 8.78. The Morgan fingerprint density at radius 1 is 1.53 bits per heavy atom. The Bertz CT molecular complexity index is 467. The Hall–Kier alpha value is -2.05. The van der Waals surface area contributed by atoms with Crippen LogP contribution in [0.25, 0.3) is 0 Å². The number of carbonyl (C=O) groups is 2. The molecule has 1 aromatic heterocycles. The zero-order chi connectivity index (χ0) is 14.6. The average molecular weight is 269 g/mol. The zero-order valence-corrected chi connectivity index (χ0v) is 11.6. The maximum Gasteiger partial charge on any atom is 0.329 e. The molecule has 0 aliphatic rings. The lowest BCUT2D eigenvalue weighted by molar-refractivity contribution is -0.146. The van der Waals surface area contributed by atoms with Crippen LogP contribution in [0.1, 0.15) is 32.4 Å². The highest BCUT2D eigenvalue weighted by Crippen LogP contribution is 2.12.